The van der Waals surface area contributed by atoms with E-state index in [0.29, 0.717) is 20.2 Å². The molecule has 0 atom stereocenters. The van der Waals surface area contributed by atoms with E-state index < -0.39 is 9.76 Å². The van der Waals surface area contributed by atoms with Crippen LogP contribution in [0, 0.1) is 0 Å². The van der Waals surface area contributed by atoms with Crippen molar-refractivity contribution in [1.82, 2.24) is 0 Å². The minimum Gasteiger partial charge on any atom is -0.402 e. The lowest BCUT2D eigenvalue weighted by molar-refractivity contribution is -0.0833. The summed E-state index contributed by atoms with van der Waals surface area (Å²) in [5, 5.41) is 8.40. The van der Waals surface area contributed by atoms with E-state index in [9.17, 15) is 0 Å². The second-order valence-corrected chi connectivity index (χ2v) is 7.60. The van der Waals surface area contributed by atoms with Gasteiger partial charge in [0.2, 0.25) is 0 Å². The lowest BCUT2D eigenvalue weighted by Crippen LogP contribution is -2.06. The summed E-state index contributed by atoms with van der Waals surface area (Å²) in [5.74, 6) is 2.24. The minimum atomic E-state index is -0.418. The summed E-state index contributed by atoms with van der Waals surface area (Å²) >= 11 is 0. The molecule has 0 aliphatic rings. The summed E-state index contributed by atoms with van der Waals surface area (Å²) in [6, 6.07) is 1.19. The molecule has 0 aliphatic heterocycles. The van der Waals surface area contributed by atoms with Gasteiger partial charge in [0, 0.05) is 18.6 Å². The van der Waals surface area contributed by atoms with Crippen LogP contribution in [0.2, 0.25) is 6.04 Å². The van der Waals surface area contributed by atoms with Crippen LogP contribution in [0.15, 0.2) is 0 Å². The van der Waals surface area contributed by atoms with Crippen molar-refractivity contribution in [1.29, 1.82) is 0 Å². The molecular weight excluding hydrogens is 292 g/mol. The second kappa shape index (κ2) is 17.7. The van der Waals surface area contributed by atoms with Crippen molar-refractivity contribution >= 4 is 31.4 Å². The van der Waals surface area contributed by atoms with Crippen molar-refractivity contribution in [2.45, 2.75) is 18.9 Å². The van der Waals surface area contributed by atoms with Crippen LogP contribution in [0.1, 0.15) is 12.8 Å². The van der Waals surface area contributed by atoms with Crippen molar-refractivity contribution in [2.24, 2.45) is 0 Å². The zero-order valence-corrected chi connectivity index (χ0v) is 14.0. The third kappa shape index (κ3) is 16.7. The van der Waals surface area contributed by atoms with Crippen molar-refractivity contribution in [3.63, 3.8) is 0 Å². The van der Waals surface area contributed by atoms with Gasteiger partial charge >= 0.3 is 0 Å². The normalized spacial score (nSPS) is 11.7. The Kier molecular flexibility index (Phi) is 18.4. The fourth-order valence-electron chi connectivity index (χ4n) is 1.00. The first-order valence-electron chi connectivity index (χ1n) is 5.99. The van der Waals surface area contributed by atoms with Gasteiger partial charge < -0.3 is 23.7 Å². The van der Waals surface area contributed by atoms with E-state index in [0.717, 1.165) is 12.2 Å². The molecule has 0 rings (SSSR count). The Morgan fingerprint density at radius 2 is 1.83 bits per heavy atom. The van der Waals surface area contributed by atoms with E-state index in [1.807, 2.05) is 21.6 Å². The van der Waals surface area contributed by atoms with Crippen LogP contribution < -0.4 is 0 Å². The largest absolute Gasteiger partial charge is 0.402 e. The van der Waals surface area contributed by atoms with Gasteiger partial charge in [0.1, 0.15) is 20.4 Å². The Morgan fingerprint density at radius 3 is 2.56 bits per heavy atom. The fraction of sp³-hybridized carbons (Fsp3) is 1.00. The highest BCUT2D eigenvalue weighted by Gasteiger charge is 1.94. The minimum absolute atomic E-state index is 0.170. The smallest absolute Gasteiger partial charge is 0.164 e. The van der Waals surface area contributed by atoms with Gasteiger partial charge in [-0.2, -0.15) is 0 Å². The summed E-state index contributed by atoms with van der Waals surface area (Å²) in [7, 11) is 4.95. The van der Waals surface area contributed by atoms with Crippen LogP contribution >= 0.6 is 21.6 Å². The molecule has 1 N–H and O–H groups in total. The van der Waals surface area contributed by atoms with Gasteiger partial charge in [-0.05, 0) is 18.9 Å². The van der Waals surface area contributed by atoms with E-state index in [1.165, 1.54) is 18.2 Å². The van der Waals surface area contributed by atoms with Gasteiger partial charge in [-0.1, -0.05) is 21.6 Å². The zero-order chi connectivity index (χ0) is 13.3. The Labute approximate surface area is 120 Å². The summed E-state index contributed by atoms with van der Waals surface area (Å²) < 4.78 is 20.0. The first kappa shape index (κ1) is 18.7. The summed E-state index contributed by atoms with van der Waals surface area (Å²) in [4.78, 5) is 0. The topological polar surface area (TPSA) is 57.2 Å². The highest BCUT2D eigenvalue weighted by molar-refractivity contribution is 8.76. The van der Waals surface area contributed by atoms with Crippen molar-refractivity contribution in [3.05, 3.63) is 0 Å². The van der Waals surface area contributed by atoms with Crippen molar-refractivity contribution in [2.75, 3.05) is 45.6 Å². The number of ether oxygens (including phenoxy) is 3. The van der Waals surface area contributed by atoms with Crippen LogP contribution in [-0.2, 0) is 18.6 Å². The molecule has 0 amide bonds. The van der Waals surface area contributed by atoms with Gasteiger partial charge in [-0.3, -0.25) is 0 Å². The van der Waals surface area contributed by atoms with Gasteiger partial charge in [0.25, 0.3) is 0 Å². The molecule has 0 fully saturated rings. The Morgan fingerprint density at radius 1 is 1.06 bits per heavy atom. The average Bonchev–Trinajstić information content (AvgIpc) is 2.39. The summed E-state index contributed by atoms with van der Waals surface area (Å²) in [6.07, 6.45) is 2.20. The van der Waals surface area contributed by atoms with Crippen molar-refractivity contribution in [3.8, 4) is 0 Å². The number of aliphatic hydroxyl groups excluding tert-OH is 1. The lowest BCUT2D eigenvalue weighted by Gasteiger charge is -2.04. The molecule has 18 heavy (non-hydrogen) atoms. The maximum Gasteiger partial charge on any atom is 0.164 e. The third-order valence-electron chi connectivity index (χ3n) is 1.83. The Hall–Kier alpha value is 0.717. The van der Waals surface area contributed by atoms with Crippen LogP contribution in [0.25, 0.3) is 0 Å². The van der Waals surface area contributed by atoms with E-state index in [-0.39, 0.29) is 6.79 Å². The van der Waals surface area contributed by atoms with E-state index in [1.54, 1.807) is 7.11 Å². The first-order valence-corrected chi connectivity index (χ1v) is 10.1. The van der Waals surface area contributed by atoms with Crippen LogP contribution in [-0.4, -0.2) is 60.5 Å². The van der Waals surface area contributed by atoms with Gasteiger partial charge in [0.15, 0.2) is 9.76 Å². The summed E-state index contributed by atoms with van der Waals surface area (Å²) in [6.45, 7) is 1.15. The predicted octanol–water partition coefficient (Wildman–Crippen LogP) is 1.21. The molecule has 0 spiro atoms. The molecular formula is C10H24O5S2Si. The van der Waals surface area contributed by atoms with E-state index in [4.69, 9.17) is 23.7 Å². The maximum absolute atomic E-state index is 8.40. The van der Waals surface area contributed by atoms with Crippen LogP contribution in [0.3, 0.4) is 0 Å². The number of hydrogen-bond donors (Lipinski definition) is 1. The molecule has 0 unspecified atom stereocenters. The number of aliphatic hydroxyl groups is 1. The molecule has 0 bridgehead atoms. The molecule has 0 saturated carbocycles. The predicted molar refractivity (Wildman–Crippen MR) is 79.5 cm³/mol. The second-order valence-electron chi connectivity index (χ2n) is 3.38. The standard InChI is InChI=1S/C10H24O5S2Si/c1-12-9-14-10-15-18-7-3-6-17-16-5-2-4-13-8-11/h11H,2-10,18H2,1H3. The maximum atomic E-state index is 8.40. The van der Waals surface area contributed by atoms with Gasteiger partial charge in [-0.15, -0.1) is 0 Å². The Balaban J connectivity index is 2.86. The number of hydrogen-bond acceptors (Lipinski definition) is 7. The molecule has 110 valence electrons. The quantitative estimate of drug-likeness (QED) is 0.211. The van der Waals surface area contributed by atoms with Crippen LogP contribution in [0.4, 0.5) is 0 Å². The molecule has 0 radical (unpaired) electrons. The molecule has 0 aromatic heterocycles. The average molecular weight is 317 g/mol. The lowest BCUT2D eigenvalue weighted by atomic mass is 10.5. The van der Waals surface area contributed by atoms with Crippen molar-refractivity contribution < 1.29 is 23.7 Å². The molecule has 0 heterocycles. The first-order chi connectivity index (χ1) is 8.91. The highest BCUT2D eigenvalue weighted by Crippen LogP contribution is 2.23. The number of methoxy groups -OCH3 is 1. The van der Waals surface area contributed by atoms with E-state index in [2.05, 4.69) is 0 Å². The molecule has 8 heteroatoms. The third-order valence-corrected chi connectivity index (χ3v) is 5.65. The molecule has 5 nitrogen and oxygen atoms in total. The monoisotopic (exact) mass is 316 g/mol. The fourth-order valence-corrected chi connectivity index (χ4v) is 4.47. The molecule has 0 aromatic rings. The zero-order valence-electron chi connectivity index (χ0n) is 11.0. The van der Waals surface area contributed by atoms with E-state index >= 15 is 0 Å². The van der Waals surface area contributed by atoms with Crippen LogP contribution in [0.5, 0.6) is 0 Å². The number of rotatable bonds is 15. The molecule has 0 aromatic carbocycles. The summed E-state index contributed by atoms with van der Waals surface area (Å²) in [5.41, 5.74) is 0. The Bertz CT molecular complexity index is 140. The van der Waals surface area contributed by atoms with Gasteiger partial charge in [0.05, 0.1) is 6.61 Å². The SMILES string of the molecule is COCOCO[SiH2]CCCSSCCCOCO. The highest BCUT2D eigenvalue weighted by atomic mass is 33.1. The molecule has 0 saturated heterocycles. The molecule has 0 aliphatic carbocycles. The van der Waals surface area contributed by atoms with Gasteiger partial charge in [-0.25, -0.2) is 0 Å².